The highest BCUT2D eigenvalue weighted by Crippen LogP contribution is 2.35. The average molecular weight is 504 g/mol. The third kappa shape index (κ3) is 5.66. The van der Waals surface area contributed by atoms with Crippen LogP contribution >= 0.6 is 23.2 Å². The highest BCUT2D eigenvalue weighted by molar-refractivity contribution is 6.42. The Balaban J connectivity index is 1.57. The first-order valence-electron chi connectivity index (χ1n) is 11.7. The zero-order valence-electron chi connectivity index (χ0n) is 19.9. The van der Waals surface area contributed by atoms with E-state index in [0.717, 1.165) is 55.7 Å². The second kappa shape index (κ2) is 11.4. The Morgan fingerprint density at radius 2 is 1.91 bits per heavy atom. The Kier molecular flexibility index (Phi) is 8.32. The van der Waals surface area contributed by atoms with E-state index in [1.54, 1.807) is 19.2 Å². The molecule has 0 bridgehead atoms. The van der Waals surface area contributed by atoms with Gasteiger partial charge in [-0.05, 0) is 43.8 Å². The lowest BCUT2D eigenvalue weighted by Crippen LogP contribution is -2.55. The smallest absolute Gasteiger partial charge is 0.163 e. The molecule has 1 unspecified atom stereocenters. The third-order valence-electron chi connectivity index (χ3n) is 6.18. The summed E-state index contributed by atoms with van der Waals surface area (Å²) in [6.07, 6.45) is 2.66. The van der Waals surface area contributed by atoms with E-state index < -0.39 is 0 Å². The molecule has 0 saturated carbocycles. The fourth-order valence-electron chi connectivity index (χ4n) is 4.32. The normalized spacial score (nSPS) is 17.1. The molecule has 0 aliphatic carbocycles. The van der Waals surface area contributed by atoms with E-state index in [1.807, 2.05) is 18.2 Å². The summed E-state index contributed by atoms with van der Waals surface area (Å²) in [5.41, 5.74) is 1.54. The van der Waals surface area contributed by atoms with E-state index in [4.69, 9.17) is 32.7 Å². The Morgan fingerprint density at radius 1 is 1.06 bits per heavy atom. The summed E-state index contributed by atoms with van der Waals surface area (Å²) in [4.78, 5) is 13.9. The molecular formula is C25H31Cl2N5O2. The number of piperazine rings is 1. The average Bonchev–Trinajstić information content (AvgIpc) is 2.85. The number of halogens is 2. The minimum absolute atomic E-state index is 0.339. The van der Waals surface area contributed by atoms with Crippen LogP contribution in [0.25, 0.3) is 10.9 Å². The van der Waals surface area contributed by atoms with Crippen LogP contribution in [0.5, 0.6) is 11.5 Å². The maximum atomic E-state index is 6.33. The number of likely N-dealkylation sites (N-methyl/N-ethyl adjacent to an activating group) is 1. The number of nitrogens with zero attached hydrogens (tertiary/aromatic N) is 4. The van der Waals surface area contributed by atoms with Crippen molar-refractivity contribution in [3.05, 3.63) is 46.7 Å². The van der Waals surface area contributed by atoms with E-state index in [2.05, 4.69) is 38.9 Å². The summed E-state index contributed by atoms with van der Waals surface area (Å²) in [5, 5.41) is 5.09. The number of fused-ring (bicyclic) bond motifs is 1. The summed E-state index contributed by atoms with van der Waals surface area (Å²) >= 11 is 12.2. The minimum Gasteiger partial charge on any atom is -0.493 e. The van der Waals surface area contributed by atoms with E-state index in [1.165, 1.54) is 6.33 Å². The number of nitrogens with one attached hydrogen (secondary N) is 1. The Morgan fingerprint density at radius 3 is 2.65 bits per heavy atom. The molecule has 1 fully saturated rings. The lowest BCUT2D eigenvalue weighted by atomic mass is 10.1. The zero-order valence-corrected chi connectivity index (χ0v) is 21.4. The van der Waals surface area contributed by atoms with Crippen molar-refractivity contribution in [3.63, 3.8) is 0 Å². The lowest BCUT2D eigenvalue weighted by Gasteiger charge is -2.40. The van der Waals surface area contributed by atoms with Gasteiger partial charge in [-0.2, -0.15) is 0 Å². The molecule has 0 spiro atoms. The zero-order chi connectivity index (χ0) is 24.1. The van der Waals surface area contributed by atoms with Crippen molar-refractivity contribution in [2.24, 2.45) is 0 Å². The van der Waals surface area contributed by atoms with Crippen LogP contribution in [0.4, 0.5) is 11.5 Å². The van der Waals surface area contributed by atoms with Gasteiger partial charge in [-0.3, -0.25) is 4.90 Å². The van der Waals surface area contributed by atoms with Crippen molar-refractivity contribution in [2.75, 3.05) is 51.8 Å². The maximum absolute atomic E-state index is 6.33. The standard InChI is InChI=1S/C25H31Cl2N5O2/c1-4-8-32-10-9-31(5-2)14-18(32)15-34-24-13-22-19(12-23(24)33-3)25(29-16-28-22)30-17-6-7-20(26)21(27)11-17/h6-7,11-13,16,18H,4-5,8-10,14-15H2,1-3H3,(H,28,29,30). The molecule has 9 heteroatoms. The molecule has 1 aliphatic heterocycles. The van der Waals surface area contributed by atoms with Crippen molar-refractivity contribution in [1.82, 2.24) is 19.8 Å². The molecule has 7 nitrogen and oxygen atoms in total. The first kappa shape index (κ1) is 24.8. The quantitative estimate of drug-likeness (QED) is 0.414. The Labute approximate surface area is 211 Å². The van der Waals surface area contributed by atoms with Gasteiger partial charge in [0.25, 0.3) is 0 Å². The molecule has 2 heterocycles. The molecule has 1 aliphatic rings. The fourth-order valence-corrected chi connectivity index (χ4v) is 4.61. The van der Waals surface area contributed by atoms with Crippen LogP contribution in [0.2, 0.25) is 10.0 Å². The van der Waals surface area contributed by atoms with Gasteiger partial charge in [-0.25, -0.2) is 9.97 Å². The number of benzene rings is 2. The molecule has 3 aromatic rings. The molecule has 0 amide bonds. The molecule has 4 rings (SSSR count). The molecule has 34 heavy (non-hydrogen) atoms. The topological polar surface area (TPSA) is 62.8 Å². The number of methoxy groups -OCH3 is 1. The number of hydrogen-bond donors (Lipinski definition) is 1. The van der Waals surface area contributed by atoms with Gasteiger partial charge in [0.15, 0.2) is 11.5 Å². The van der Waals surface area contributed by atoms with Crippen molar-refractivity contribution < 1.29 is 9.47 Å². The molecule has 1 N–H and O–H groups in total. The predicted octanol–water partition coefficient (Wildman–Crippen LogP) is 5.48. The molecule has 1 aromatic heterocycles. The van der Waals surface area contributed by atoms with Crippen molar-refractivity contribution in [2.45, 2.75) is 26.3 Å². The first-order chi connectivity index (χ1) is 16.5. The van der Waals surface area contributed by atoms with E-state index in [-0.39, 0.29) is 0 Å². The number of hydrogen-bond acceptors (Lipinski definition) is 7. The molecule has 182 valence electrons. The van der Waals surface area contributed by atoms with Crippen LogP contribution in [-0.4, -0.2) is 72.3 Å². The van der Waals surface area contributed by atoms with Crippen LogP contribution in [0.15, 0.2) is 36.7 Å². The van der Waals surface area contributed by atoms with Crippen LogP contribution in [-0.2, 0) is 0 Å². The van der Waals surface area contributed by atoms with E-state index in [9.17, 15) is 0 Å². The van der Waals surface area contributed by atoms with Crippen LogP contribution < -0.4 is 14.8 Å². The van der Waals surface area contributed by atoms with Gasteiger partial charge in [0.05, 0.1) is 28.7 Å². The van der Waals surface area contributed by atoms with Gasteiger partial charge in [0, 0.05) is 36.8 Å². The minimum atomic E-state index is 0.339. The highest BCUT2D eigenvalue weighted by Gasteiger charge is 2.26. The van der Waals surface area contributed by atoms with Gasteiger partial charge in [-0.1, -0.05) is 37.0 Å². The fraction of sp³-hybridized carbons (Fsp3) is 0.440. The van der Waals surface area contributed by atoms with Gasteiger partial charge in [0.1, 0.15) is 18.8 Å². The van der Waals surface area contributed by atoms with Crippen LogP contribution in [0.3, 0.4) is 0 Å². The van der Waals surface area contributed by atoms with Crippen molar-refractivity contribution in [3.8, 4) is 11.5 Å². The second-order valence-corrected chi connectivity index (χ2v) is 9.20. The Hall–Kier alpha value is -2.32. The number of aromatic nitrogens is 2. The number of ether oxygens (including phenoxy) is 2. The summed E-state index contributed by atoms with van der Waals surface area (Å²) in [5.74, 6) is 1.97. The van der Waals surface area contributed by atoms with Crippen molar-refractivity contribution >= 4 is 45.6 Å². The van der Waals surface area contributed by atoms with E-state index in [0.29, 0.717) is 40.0 Å². The summed E-state index contributed by atoms with van der Waals surface area (Å²) in [7, 11) is 1.65. The van der Waals surface area contributed by atoms with Gasteiger partial charge in [-0.15, -0.1) is 0 Å². The largest absolute Gasteiger partial charge is 0.493 e. The predicted molar refractivity (Wildman–Crippen MR) is 139 cm³/mol. The Bertz CT molecular complexity index is 1130. The first-order valence-corrected chi connectivity index (χ1v) is 12.4. The lowest BCUT2D eigenvalue weighted by molar-refractivity contribution is 0.0483. The van der Waals surface area contributed by atoms with Crippen LogP contribution in [0, 0.1) is 0 Å². The van der Waals surface area contributed by atoms with Gasteiger partial charge in [0.2, 0.25) is 0 Å². The highest BCUT2D eigenvalue weighted by atomic mass is 35.5. The van der Waals surface area contributed by atoms with Crippen LogP contribution in [0.1, 0.15) is 20.3 Å². The van der Waals surface area contributed by atoms with Gasteiger partial charge < -0.3 is 19.7 Å². The third-order valence-corrected chi connectivity index (χ3v) is 6.92. The SMILES string of the molecule is CCCN1CCN(CC)CC1COc1cc2ncnc(Nc3ccc(Cl)c(Cl)c3)c2cc1OC. The summed E-state index contributed by atoms with van der Waals surface area (Å²) in [6, 6.07) is 9.52. The maximum Gasteiger partial charge on any atom is 0.163 e. The van der Waals surface area contributed by atoms with E-state index >= 15 is 0 Å². The molecule has 2 aromatic carbocycles. The summed E-state index contributed by atoms with van der Waals surface area (Å²) < 4.78 is 12.0. The molecule has 1 saturated heterocycles. The monoisotopic (exact) mass is 503 g/mol. The van der Waals surface area contributed by atoms with Crippen molar-refractivity contribution in [1.29, 1.82) is 0 Å². The molecule has 1 atom stereocenters. The molecule has 0 radical (unpaired) electrons. The van der Waals surface area contributed by atoms with Gasteiger partial charge >= 0.3 is 0 Å². The summed E-state index contributed by atoms with van der Waals surface area (Å²) in [6.45, 7) is 10.4. The number of anilines is 2. The number of rotatable bonds is 9. The second-order valence-electron chi connectivity index (χ2n) is 8.39. The molecular weight excluding hydrogens is 473 g/mol.